The van der Waals surface area contributed by atoms with Gasteiger partial charge in [-0.2, -0.15) is 13.2 Å². The van der Waals surface area contributed by atoms with Crippen LogP contribution in [0.3, 0.4) is 0 Å². The Morgan fingerprint density at radius 1 is 0.929 bits per heavy atom. The number of thiazole rings is 1. The van der Waals surface area contributed by atoms with Crippen LogP contribution in [0, 0.1) is 5.92 Å². The van der Waals surface area contributed by atoms with Gasteiger partial charge in [-0.05, 0) is 48.0 Å². The second kappa shape index (κ2) is 10.9. The maximum Gasteiger partial charge on any atom is 0.416 e. The Morgan fingerprint density at radius 3 is 2.33 bits per heavy atom. The largest absolute Gasteiger partial charge is 0.416 e. The van der Waals surface area contributed by atoms with Crippen molar-refractivity contribution >= 4 is 68.1 Å². The standard InChI is InChI=1S/C29H19BrF3N3O4S2/c30-17-11-9-15(10-12-17)21-22-23(26(39)36(25(22)38)19-8-4-5-16(13-19)29(31,32)33)41-27-24(21)42-28(40)35(27)14-20(37)34-18-6-2-1-3-7-18/h1-13,21-23H,14H2,(H,34,37). The lowest BCUT2D eigenvalue weighted by molar-refractivity contribution is -0.137. The van der Waals surface area contributed by atoms with Gasteiger partial charge in [0.2, 0.25) is 17.7 Å². The smallest absolute Gasteiger partial charge is 0.325 e. The monoisotopic (exact) mass is 673 g/mol. The van der Waals surface area contributed by atoms with Gasteiger partial charge in [0.05, 0.1) is 22.2 Å². The molecule has 1 aromatic heterocycles. The number of hydrogen-bond acceptors (Lipinski definition) is 6. The van der Waals surface area contributed by atoms with Gasteiger partial charge in [-0.25, -0.2) is 4.90 Å². The summed E-state index contributed by atoms with van der Waals surface area (Å²) in [4.78, 5) is 54.7. The zero-order chi connectivity index (χ0) is 29.8. The van der Waals surface area contributed by atoms with Crippen molar-refractivity contribution in [2.24, 2.45) is 5.92 Å². The van der Waals surface area contributed by atoms with E-state index in [-0.39, 0.29) is 12.2 Å². The number of nitrogens with one attached hydrogen (secondary N) is 1. The van der Waals surface area contributed by atoms with Gasteiger partial charge in [0.1, 0.15) is 11.8 Å². The molecule has 0 aliphatic carbocycles. The van der Waals surface area contributed by atoms with E-state index in [0.29, 0.717) is 21.2 Å². The molecule has 0 spiro atoms. The molecule has 0 radical (unpaired) electrons. The third-order valence-corrected chi connectivity index (χ3v) is 10.2. The van der Waals surface area contributed by atoms with Crippen LogP contribution in [-0.4, -0.2) is 27.5 Å². The van der Waals surface area contributed by atoms with Gasteiger partial charge in [-0.1, -0.05) is 75.4 Å². The second-order valence-electron chi connectivity index (χ2n) is 9.69. The fraction of sp³-hybridized carbons (Fsp3) is 0.172. The van der Waals surface area contributed by atoms with Gasteiger partial charge in [0, 0.05) is 21.0 Å². The van der Waals surface area contributed by atoms with Crippen LogP contribution in [0.2, 0.25) is 0 Å². The van der Waals surface area contributed by atoms with Crippen LogP contribution in [-0.2, 0) is 27.1 Å². The minimum atomic E-state index is -4.66. The second-order valence-corrected chi connectivity index (χ2v) is 12.7. The molecule has 0 saturated carbocycles. The molecule has 2 aliphatic rings. The molecule has 7 nitrogen and oxygen atoms in total. The highest BCUT2D eigenvalue weighted by atomic mass is 79.9. The van der Waals surface area contributed by atoms with Crippen molar-refractivity contribution in [3.63, 3.8) is 0 Å². The van der Waals surface area contributed by atoms with Crippen molar-refractivity contribution in [3.05, 3.63) is 109 Å². The molecule has 3 heterocycles. The molecule has 1 fully saturated rings. The minimum Gasteiger partial charge on any atom is -0.325 e. The van der Waals surface area contributed by atoms with E-state index in [9.17, 15) is 32.3 Å². The van der Waals surface area contributed by atoms with E-state index in [4.69, 9.17) is 0 Å². The molecular formula is C29H19BrF3N3O4S2. The SMILES string of the molecule is O=C(Cn1c2c(sc1=O)C(c1ccc(Br)cc1)C1C(=O)N(c3cccc(C(F)(F)F)c3)C(=O)C1S2)Nc1ccccc1. The number of imide groups is 1. The lowest BCUT2D eigenvalue weighted by Crippen LogP contribution is -2.33. The number of anilines is 2. The molecular weight excluding hydrogens is 655 g/mol. The van der Waals surface area contributed by atoms with Gasteiger partial charge in [0.25, 0.3) is 0 Å². The third kappa shape index (κ3) is 5.09. The van der Waals surface area contributed by atoms with Crippen LogP contribution in [0.4, 0.5) is 24.5 Å². The molecule has 3 aromatic carbocycles. The number of amides is 3. The maximum absolute atomic E-state index is 13.9. The van der Waals surface area contributed by atoms with Gasteiger partial charge in [-0.15, -0.1) is 0 Å². The number of carbonyl (C=O) groups is 3. The van der Waals surface area contributed by atoms with Crippen molar-refractivity contribution in [1.82, 2.24) is 4.57 Å². The third-order valence-electron chi connectivity index (χ3n) is 7.07. The molecule has 1 N–H and O–H groups in total. The Labute approximate surface area is 253 Å². The van der Waals surface area contributed by atoms with Crippen LogP contribution >= 0.6 is 39.0 Å². The highest BCUT2D eigenvalue weighted by Crippen LogP contribution is 2.54. The predicted molar refractivity (Wildman–Crippen MR) is 157 cm³/mol. The minimum absolute atomic E-state index is 0.174. The van der Waals surface area contributed by atoms with E-state index in [1.54, 1.807) is 54.6 Å². The number of halogens is 4. The van der Waals surface area contributed by atoms with E-state index in [1.807, 2.05) is 0 Å². The van der Waals surface area contributed by atoms with Crippen molar-refractivity contribution in [2.45, 2.75) is 28.9 Å². The van der Waals surface area contributed by atoms with Gasteiger partial charge in [-0.3, -0.25) is 23.7 Å². The number of nitrogens with zero attached hydrogens (tertiary/aromatic N) is 2. The Morgan fingerprint density at radius 2 is 1.64 bits per heavy atom. The highest BCUT2D eigenvalue weighted by molar-refractivity contribution is 9.10. The number of benzene rings is 3. The van der Waals surface area contributed by atoms with Crippen molar-refractivity contribution in [2.75, 3.05) is 10.2 Å². The summed E-state index contributed by atoms with van der Waals surface area (Å²) in [6, 6.07) is 19.9. The Balaban J connectivity index is 1.42. The Bertz CT molecular complexity index is 1770. The molecule has 2 aliphatic heterocycles. The molecule has 1 saturated heterocycles. The van der Waals surface area contributed by atoms with Crippen molar-refractivity contribution in [1.29, 1.82) is 0 Å². The fourth-order valence-corrected chi connectivity index (χ4v) is 8.26. The fourth-order valence-electron chi connectivity index (χ4n) is 5.23. The number of rotatable bonds is 5. The first-order valence-electron chi connectivity index (χ1n) is 12.6. The van der Waals surface area contributed by atoms with Gasteiger partial charge >= 0.3 is 11.0 Å². The molecule has 3 unspecified atom stereocenters. The Hall–Kier alpha value is -3.68. The molecule has 0 bridgehead atoms. The topological polar surface area (TPSA) is 88.5 Å². The number of para-hydroxylation sites is 1. The summed E-state index contributed by atoms with van der Waals surface area (Å²) in [6.07, 6.45) is -4.66. The highest BCUT2D eigenvalue weighted by Gasteiger charge is 2.57. The van der Waals surface area contributed by atoms with Crippen LogP contribution < -0.4 is 15.1 Å². The number of carbonyl (C=O) groups excluding carboxylic acids is 3. The van der Waals surface area contributed by atoms with Crippen LogP contribution in [0.25, 0.3) is 0 Å². The van der Waals surface area contributed by atoms with Gasteiger partial charge < -0.3 is 5.32 Å². The quantitative estimate of drug-likeness (QED) is 0.258. The number of thioether (sulfide) groups is 1. The first kappa shape index (κ1) is 28.4. The van der Waals surface area contributed by atoms with E-state index in [1.165, 1.54) is 10.6 Å². The first-order valence-corrected chi connectivity index (χ1v) is 15.1. The summed E-state index contributed by atoms with van der Waals surface area (Å²) in [5.41, 5.74) is 0.0506. The predicted octanol–water partition coefficient (Wildman–Crippen LogP) is 6.13. The number of hydrogen-bond donors (Lipinski definition) is 1. The first-order chi connectivity index (χ1) is 20.0. The van der Waals surface area contributed by atoms with E-state index in [0.717, 1.165) is 50.7 Å². The normalized spacial score (nSPS) is 19.9. The molecule has 6 rings (SSSR count). The van der Waals surface area contributed by atoms with Gasteiger partial charge in [0.15, 0.2) is 0 Å². The van der Waals surface area contributed by atoms with Crippen molar-refractivity contribution < 1.29 is 27.6 Å². The number of fused-ring (bicyclic) bond motifs is 2. The summed E-state index contributed by atoms with van der Waals surface area (Å²) in [5, 5.41) is 2.10. The molecule has 42 heavy (non-hydrogen) atoms. The number of alkyl halides is 3. The summed E-state index contributed by atoms with van der Waals surface area (Å²) >= 11 is 5.28. The van der Waals surface area contributed by atoms with E-state index >= 15 is 0 Å². The van der Waals surface area contributed by atoms with E-state index < -0.39 is 51.4 Å². The summed E-state index contributed by atoms with van der Waals surface area (Å²) in [6.45, 7) is -0.323. The van der Waals surface area contributed by atoms with Crippen molar-refractivity contribution in [3.8, 4) is 0 Å². The Kier molecular flexibility index (Phi) is 7.36. The summed E-state index contributed by atoms with van der Waals surface area (Å²) in [7, 11) is 0. The molecule has 214 valence electrons. The summed E-state index contributed by atoms with van der Waals surface area (Å²) in [5.74, 6) is -3.49. The molecule has 3 amide bonds. The number of aromatic nitrogens is 1. The lowest BCUT2D eigenvalue weighted by Gasteiger charge is -2.30. The van der Waals surface area contributed by atoms with Crippen LogP contribution in [0.1, 0.15) is 21.9 Å². The average molecular weight is 675 g/mol. The lowest BCUT2D eigenvalue weighted by atomic mass is 9.83. The average Bonchev–Trinajstić information content (AvgIpc) is 3.40. The van der Waals surface area contributed by atoms with Crippen LogP contribution in [0.15, 0.2) is 93.2 Å². The summed E-state index contributed by atoms with van der Waals surface area (Å²) < 4.78 is 42.4. The maximum atomic E-state index is 13.9. The molecule has 13 heteroatoms. The zero-order valence-electron chi connectivity index (χ0n) is 21.3. The molecule has 4 aromatic rings. The van der Waals surface area contributed by atoms with Crippen LogP contribution in [0.5, 0.6) is 0 Å². The zero-order valence-corrected chi connectivity index (χ0v) is 24.5. The molecule has 3 atom stereocenters. The van der Waals surface area contributed by atoms with E-state index in [2.05, 4.69) is 21.2 Å².